The van der Waals surface area contributed by atoms with Crippen LogP contribution < -0.4 is 16.7 Å². The highest BCUT2D eigenvalue weighted by Crippen LogP contribution is 2.19. The van der Waals surface area contributed by atoms with Crippen molar-refractivity contribution in [1.29, 1.82) is 0 Å². The lowest BCUT2D eigenvalue weighted by Gasteiger charge is -2.11. The van der Waals surface area contributed by atoms with Crippen molar-refractivity contribution < 1.29 is 4.92 Å². The average Bonchev–Trinajstić information content (AvgIpc) is 3.29. The molecular weight excluding hydrogens is 486 g/mol. The number of imidazole rings is 1. The Kier molecular flexibility index (Phi) is 6.64. The van der Waals surface area contributed by atoms with Crippen LogP contribution in [0.25, 0.3) is 11.2 Å². The van der Waals surface area contributed by atoms with E-state index in [9.17, 15) is 19.7 Å². The Hall–Kier alpha value is -5.32. The first-order valence-corrected chi connectivity index (χ1v) is 11.7. The third-order valence-electron chi connectivity index (χ3n) is 6.06. The first-order valence-electron chi connectivity index (χ1n) is 11.7. The van der Waals surface area contributed by atoms with E-state index in [1.807, 2.05) is 60.7 Å². The van der Waals surface area contributed by atoms with Gasteiger partial charge in [0.15, 0.2) is 11.2 Å². The van der Waals surface area contributed by atoms with Crippen LogP contribution in [0.5, 0.6) is 0 Å². The van der Waals surface area contributed by atoms with Gasteiger partial charge in [-0.3, -0.25) is 28.6 Å². The third kappa shape index (κ3) is 4.85. The molecular formula is C27H23N7O4. The number of aromatic nitrogens is 4. The molecule has 0 radical (unpaired) electrons. The predicted octanol–water partition coefficient (Wildman–Crippen LogP) is 3.35. The maximum Gasteiger partial charge on any atom is 0.332 e. The number of rotatable bonds is 8. The molecule has 2 heterocycles. The molecule has 0 aliphatic carbocycles. The summed E-state index contributed by atoms with van der Waals surface area (Å²) in [5.74, 6) is 0.245. The standard InChI is InChI=1S/C27H23N7O4/c1-31-24-23(25(35)33(27(31)36)18-20-11-6-3-7-12-20)32(17-19-9-4-2-5-10-19)26(29-24)30-28-16-21-13-8-14-22(15-21)34(37)38/h2-16H,17-18H2,1H3,(H,29,30)/b28-16-. The molecule has 11 heteroatoms. The molecule has 0 bridgehead atoms. The number of hydrogen-bond donors (Lipinski definition) is 1. The average molecular weight is 510 g/mol. The molecule has 190 valence electrons. The minimum atomic E-state index is -0.484. The third-order valence-corrected chi connectivity index (χ3v) is 6.06. The lowest BCUT2D eigenvalue weighted by Crippen LogP contribution is -2.40. The molecule has 3 aromatic carbocycles. The second-order valence-electron chi connectivity index (χ2n) is 8.62. The Morgan fingerprint density at radius 1 is 0.921 bits per heavy atom. The van der Waals surface area contributed by atoms with E-state index in [4.69, 9.17) is 0 Å². The normalized spacial score (nSPS) is 11.3. The Bertz CT molecular complexity index is 1770. The summed E-state index contributed by atoms with van der Waals surface area (Å²) in [7, 11) is 1.57. The maximum absolute atomic E-state index is 13.7. The first kappa shape index (κ1) is 24.4. The van der Waals surface area contributed by atoms with Crippen molar-refractivity contribution in [3.8, 4) is 0 Å². The molecule has 0 aliphatic heterocycles. The molecule has 0 saturated carbocycles. The molecule has 0 unspecified atom stereocenters. The van der Waals surface area contributed by atoms with Crippen LogP contribution in [0.2, 0.25) is 0 Å². The minimum Gasteiger partial charge on any atom is -0.298 e. The van der Waals surface area contributed by atoms with Gasteiger partial charge in [0.2, 0.25) is 5.95 Å². The summed E-state index contributed by atoms with van der Waals surface area (Å²) in [6.45, 7) is 0.414. The van der Waals surface area contributed by atoms with E-state index in [0.717, 1.165) is 11.1 Å². The van der Waals surface area contributed by atoms with Gasteiger partial charge in [-0.2, -0.15) is 10.1 Å². The SMILES string of the molecule is Cn1c(=O)n(Cc2ccccc2)c(=O)c2c1nc(N/N=C\c1cccc([N+](=O)[O-])c1)n2Cc1ccccc1. The molecule has 0 amide bonds. The number of nitrogens with zero attached hydrogens (tertiary/aromatic N) is 6. The van der Waals surface area contributed by atoms with Gasteiger partial charge in [-0.15, -0.1) is 0 Å². The largest absolute Gasteiger partial charge is 0.332 e. The monoisotopic (exact) mass is 509 g/mol. The summed E-state index contributed by atoms with van der Waals surface area (Å²) in [6, 6.07) is 24.8. The van der Waals surface area contributed by atoms with E-state index in [-0.39, 0.29) is 29.3 Å². The van der Waals surface area contributed by atoms with Gasteiger partial charge in [0.1, 0.15) is 0 Å². The van der Waals surface area contributed by atoms with E-state index in [1.54, 1.807) is 23.7 Å². The molecule has 38 heavy (non-hydrogen) atoms. The van der Waals surface area contributed by atoms with Crippen molar-refractivity contribution in [2.24, 2.45) is 12.1 Å². The first-order chi connectivity index (χ1) is 18.4. The van der Waals surface area contributed by atoms with Crippen molar-refractivity contribution in [1.82, 2.24) is 18.7 Å². The van der Waals surface area contributed by atoms with Gasteiger partial charge in [0, 0.05) is 24.7 Å². The van der Waals surface area contributed by atoms with Gasteiger partial charge in [-0.25, -0.2) is 10.2 Å². The highest BCUT2D eigenvalue weighted by molar-refractivity contribution is 5.81. The van der Waals surface area contributed by atoms with Crippen LogP contribution in [0.3, 0.4) is 0 Å². The van der Waals surface area contributed by atoms with Gasteiger partial charge in [-0.1, -0.05) is 72.8 Å². The van der Waals surface area contributed by atoms with Gasteiger partial charge in [0.05, 0.1) is 24.2 Å². The Labute approximate surface area is 216 Å². The molecule has 5 rings (SSSR count). The van der Waals surface area contributed by atoms with Crippen molar-refractivity contribution in [3.05, 3.63) is 133 Å². The number of fused-ring (bicyclic) bond motifs is 1. The Morgan fingerprint density at radius 3 is 2.18 bits per heavy atom. The van der Waals surface area contributed by atoms with Crippen LogP contribution in [0, 0.1) is 10.1 Å². The number of benzene rings is 3. The van der Waals surface area contributed by atoms with Crippen LogP contribution in [-0.4, -0.2) is 29.8 Å². The zero-order valence-corrected chi connectivity index (χ0v) is 20.4. The minimum absolute atomic E-state index is 0.0563. The molecule has 5 aromatic rings. The number of hydrazone groups is 1. The lowest BCUT2D eigenvalue weighted by molar-refractivity contribution is -0.384. The van der Waals surface area contributed by atoms with E-state index in [1.165, 1.54) is 27.5 Å². The fourth-order valence-corrected chi connectivity index (χ4v) is 4.17. The summed E-state index contributed by atoms with van der Waals surface area (Å²) < 4.78 is 4.21. The molecule has 0 atom stereocenters. The topological polar surface area (TPSA) is 129 Å². The molecule has 0 spiro atoms. The number of aryl methyl sites for hydroxylation is 1. The van der Waals surface area contributed by atoms with Crippen LogP contribution in [0.15, 0.2) is 99.6 Å². The molecule has 0 aliphatic rings. The number of anilines is 1. The molecule has 11 nitrogen and oxygen atoms in total. The molecule has 0 saturated heterocycles. The number of nitro groups is 1. The highest BCUT2D eigenvalue weighted by Gasteiger charge is 2.20. The Morgan fingerprint density at radius 2 is 1.55 bits per heavy atom. The summed E-state index contributed by atoms with van der Waals surface area (Å²) >= 11 is 0. The van der Waals surface area contributed by atoms with Crippen LogP contribution in [0.1, 0.15) is 16.7 Å². The van der Waals surface area contributed by atoms with Crippen molar-refractivity contribution in [3.63, 3.8) is 0 Å². The number of hydrogen-bond acceptors (Lipinski definition) is 7. The fourth-order valence-electron chi connectivity index (χ4n) is 4.17. The van der Waals surface area contributed by atoms with Crippen LogP contribution in [-0.2, 0) is 20.1 Å². The van der Waals surface area contributed by atoms with Gasteiger partial charge < -0.3 is 0 Å². The number of nitro benzene ring substituents is 1. The highest BCUT2D eigenvalue weighted by atomic mass is 16.6. The van der Waals surface area contributed by atoms with Crippen molar-refractivity contribution >= 4 is 29.0 Å². The van der Waals surface area contributed by atoms with Gasteiger partial charge >= 0.3 is 5.69 Å². The lowest BCUT2D eigenvalue weighted by atomic mass is 10.2. The molecule has 1 N–H and O–H groups in total. The molecule has 0 fully saturated rings. The van der Waals surface area contributed by atoms with Crippen molar-refractivity contribution in [2.45, 2.75) is 13.1 Å². The summed E-state index contributed by atoms with van der Waals surface area (Å²) in [4.78, 5) is 42.0. The smallest absolute Gasteiger partial charge is 0.298 e. The van der Waals surface area contributed by atoms with Gasteiger partial charge in [-0.05, 0) is 11.1 Å². The van der Waals surface area contributed by atoms with Crippen LogP contribution in [0.4, 0.5) is 11.6 Å². The maximum atomic E-state index is 13.7. The summed E-state index contributed by atoms with van der Waals surface area (Å²) in [5, 5.41) is 15.3. The zero-order chi connectivity index (χ0) is 26.6. The van der Waals surface area contributed by atoms with E-state index < -0.39 is 16.2 Å². The predicted molar refractivity (Wildman–Crippen MR) is 145 cm³/mol. The summed E-state index contributed by atoms with van der Waals surface area (Å²) in [6.07, 6.45) is 1.42. The summed E-state index contributed by atoms with van der Waals surface area (Å²) in [5.41, 5.74) is 4.56. The second kappa shape index (κ2) is 10.3. The van der Waals surface area contributed by atoms with E-state index in [0.29, 0.717) is 12.1 Å². The fraction of sp³-hybridized carbons (Fsp3) is 0.111. The quantitative estimate of drug-likeness (QED) is 0.194. The second-order valence-corrected chi connectivity index (χ2v) is 8.62. The van der Waals surface area contributed by atoms with Gasteiger partial charge in [0.25, 0.3) is 11.2 Å². The number of non-ortho nitro benzene ring substituents is 1. The number of nitrogens with one attached hydrogen (secondary N) is 1. The van der Waals surface area contributed by atoms with Crippen molar-refractivity contribution in [2.75, 3.05) is 5.43 Å². The van der Waals surface area contributed by atoms with E-state index in [2.05, 4.69) is 15.5 Å². The zero-order valence-electron chi connectivity index (χ0n) is 20.4. The van der Waals surface area contributed by atoms with Crippen LogP contribution >= 0.6 is 0 Å². The molecule has 2 aromatic heterocycles. The van der Waals surface area contributed by atoms with E-state index >= 15 is 0 Å². The Balaban J connectivity index is 1.61.